The van der Waals surface area contributed by atoms with Crippen LogP contribution in [0.3, 0.4) is 0 Å². The van der Waals surface area contributed by atoms with Crippen molar-refractivity contribution in [2.24, 2.45) is 0 Å². The molecule has 0 atom stereocenters. The average Bonchev–Trinajstić information content (AvgIpc) is 3.67. The van der Waals surface area contributed by atoms with Crippen molar-refractivity contribution in [3.05, 3.63) is 205 Å². The van der Waals surface area contributed by atoms with E-state index in [4.69, 9.17) is 0 Å². The van der Waals surface area contributed by atoms with E-state index in [2.05, 4.69) is 217 Å². The largest absolute Gasteiger partial charge is 0.310 e. The molecule has 252 valence electrons. The lowest BCUT2D eigenvalue weighted by Gasteiger charge is -2.27. The highest BCUT2D eigenvalue weighted by atomic mass is 15.1. The third-order valence-corrected chi connectivity index (χ3v) is 11.2. The molecule has 1 aromatic heterocycles. The monoisotopic (exact) mass is 678 g/mol. The van der Waals surface area contributed by atoms with E-state index in [-0.39, 0.29) is 5.41 Å². The van der Waals surface area contributed by atoms with Gasteiger partial charge in [-0.05, 0) is 105 Å². The SMILES string of the molecule is CC1(C)c2ccccc2-c2cc(N(c3ccc(-c4ccccc4)cc3)c3ccc4c(c3)c3ccccc3n4-c3ccc(-c4ccccc4)cc3)ccc21. The topological polar surface area (TPSA) is 8.17 Å². The lowest BCUT2D eigenvalue weighted by Crippen LogP contribution is -2.15. The van der Waals surface area contributed by atoms with Crippen LogP contribution in [0.2, 0.25) is 0 Å². The molecule has 0 spiro atoms. The highest BCUT2D eigenvalue weighted by molar-refractivity contribution is 6.10. The number of aromatic nitrogens is 1. The van der Waals surface area contributed by atoms with Crippen LogP contribution in [0.5, 0.6) is 0 Å². The molecule has 0 fully saturated rings. The summed E-state index contributed by atoms with van der Waals surface area (Å²) in [6.45, 7) is 4.69. The van der Waals surface area contributed by atoms with E-state index in [1.165, 1.54) is 66.3 Å². The number of anilines is 3. The third kappa shape index (κ3) is 5.10. The van der Waals surface area contributed by atoms with E-state index in [1.54, 1.807) is 0 Å². The quantitative estimate of drug-likeness (QED) is 0.170. The van der Waals surface area contributed by atoms with Crippen molar-refractivity contribution >= 4 is 38.9 Å². The summed E-state index contributed by atoms with van der Waals surface area (Å²) in [4.78, 5) is 2.42. The van der Waals surface area contributed by atoms with Crippen LogP contribution in [0.25, 0.3) is 60.9 Å². The van der Waals surface area contributed by atoms with Crippen LogP contribution < -0.4 is 4.90 Å². The number of fused-ring (bicyclic) bond motifs is 6. The Labute approximate surface area is 310 Å². The van der Waals surface area contributed by atoms with Gasteiger partial charge in [-0.1, -0.05) is 147 Å². The summed E-state index contributed by atoms with van der Waals surface area (Å²) < 4.78 is 2.40. The summed E-state index contributed by atoms with van der Waals surface area (Å²) in [5.74, 6) is 0. The maximum atomic E-state index is 2.42. The van der Waals surface area contributed by atoms with Crippen LogP contribution in [0.15, 0.2) is 194 Å². The molecule has 2 nitrogen and oxygen atoms in total. The fraction of sp³-hybridized carbons (Fsp3) is 0.0588. The normalized spacial score (nSPS) is 12.9. The maximum absolute atomic E-state index is 2.42. The van der Waals surface area contributed by atoms with Gasteiger partial charge >= 0.3 is 0 Å². The summed E-state index contributed by atoms with van der Waals surface area (Å²) in [6.07, 6.45) is 0. The minimum atomic E-state index is -0.0490. The summed E-state index contributed by atoms with van der Waals surface area (Å²) >= 11 is 0. The van der Waals surface area contributed by atoms with Crippen LogP contribution in [0.4, 0.5) is 17.1 Å². The minimum absolute atomic E-state index is 0.0490. The number of hydrogen-bond donors (Lipinski definition) is 0. The molecule has 8 aromatic carbocycles. The Hall–Kier alpha value is -6.64. The van der Waals surface area contributed by atoms with E-state index in [1.807, 2.05) is 0 Å². The number of benzene rings is 8. The fourth-order valence-electron chi connectivity index (χ4n) is 8.54. The zero-order chi connectivity index (χ0) is 35.5. The summed E-state index contributed by atoms with van der Waals surface area (Å²) in [7, 11) is 0. The first-order chi connectivity index (χ1) is 26.0. The van der Waals surface area contributed by atoms with E-state index in [0.717, 1.165) is 22.7 Å². The second-order valence-electron chi connectivity index (χ2n) is 14.6. The zero-order valence-corrected chi connectivity index (χ0v) is 29.9. The van der Waals surface area contributed by atoms with E-state index < -0.39 is 0 Å². The van der Waals surface area contributed by atoms with Gasteiger partial charge in [-0.3, -0.25) is 0 Å². The van der Waals surface area contributed by atoms with Crippen molar-refractivity contribution in [1.29, 1.82) is 0 Å². The molecule has 1 aliphatic carbocycles. The van der Waals surface area contributed by atoms with Gasteiger partial charge in [0.15, 0.2) is 0 Å². The van der Waals surface area contributed by atoms with E-state index in [0.29, 0.717) is 0 Å². The number of hydrogen-bond acceptors (Lipinski definition) is 1. The molecule has 9 aromatic rings. The average molecular weight is 679 g/mol. The molecule has 0 N–H and O–H groups in total. The molecule has 0 saturated carbocycles. The predicted molar refractivity (Wildman–Crippen MR) is 224 cm³/mol. The Kier molecular flexibility index (Phi) is 7.19. The molecule has 0 bridgehead atoms. The molecule has 0 unspecified atom stereocenters. The van der Waals surface area contributed by atoms with Crippen LogP contribution in [0.1, 0.15) is 25.0 Å². The van der Waals surface area contributed by atoms with Crippen molar-refractivity contribution in [2.45, 2.75) is 19.3 Å². The first-order valence-corrected chi connectivity index (χ1v) is 18.4. The Bertz CT molecular complexity index is 2770. The molecule has 0 saturated heterocycles. The van der Waals surface area contributed by atoms with Gasteiger partial charge in [0, 0.05) is 38.9 Å². The lowest BCUT2D eigenvalue weighted by atomic mass is 9.82. The molecular formula is C51H38N2. The van der Waals surface area contributed by atoms with Gasteiger partial charge < -0.3 is 9.47 Å². The summed E-state index contributed by atoms with van der Waals surface area (Å²) in [6, 6.07) is 70.8. The zero-order valence-electron chi connectivity index (χ0n) is 29.9. The molecular weight excluding hydrogens is 641 g/mol. The Balaban J connectivity index is 1.14. The van der Waals surface area contributed by atoms with Crippen LogP contribution in [-0.4, -0.2) is 4.57 Å². The maximum Gasteiger partial charge on any atom is 0.0542 e. The Morgan fingerprint density at radius 3 is 1.60 bits per heavy atom. The van der Waals surface area contributed by atoms with E-state index >= 15 is 0 Å². The number of rotatable bonds is 6. The molecule has 1 heterocycles. The fourth-order valence-corrected chi connectivity index (χ4v) is 8.54. The van der Waals surface area contributed by atoms with Gasteiger partial charge in [0.05, 0.1) is 11.0 Å². The second-order valence-corrected chi connectivity index (χ2v) is 14.6. The summed E-state index contributed by atoms with van der Waals surface area (Å²) in [5, 5.41) is 2.46. The van der Waals surface area contributed by atoms with Gasteiger partial charge in [-0.2, -0.15) is 0 Å². The molecule has 53 heavy (non-hydrogen) atoms. The van der Waals surface area contributed by atoms with Gasteiger partial charge in [0.25, 0.3) is 0 Å². The highest BCUT2D eigenvalue weighted by Gasteiger charge is 2.35. The first-order valence-electron chi connectivity index (χ1n) is 18.4. The van der Waals surface area contributed by atoms with Crippen molar-refractivity contribution in [2.75, 3.05) is 4.90 Å². The van der Waals surface area contributed by atoms with Gasteiger partial charge in [-0.25, -0.2) is 0 Å². The molecule has 0 aliphatic heterocycles. The number of para-hydroxylation sites is 1. The molecule has 2 heteroatoms. The van der Waals surface area contributed by atoms with E-state index in [9.17, 15) is 0 Å². The smallest absolute Gasteiger partial charge is 0.0542 e. The van der Waals surface area contributed by atoms with Crippen molar-refractivity contribution in [1.82, 2.24) is 4.57 Å². The summed E-state index contributed by atoms with van der Waals surface area (Å²) in [5.41, 5.74) is 17.1. The second kappa shape index (κ2) is 12.3. The van der Waals surface area contributed by atoms with Crippen LogP contribution >= 0.6 is 0 Å². The molecule has 10 rings (SSSR count). The van der Waals surface area contributed by atoms with Gasteiger partial charge in [0.2, 0.25) is 0 Å². The lowest BCUT2D eigenvalue weighted by molar-refractivity contribution is 0.660. The molecule has 0 radical (unpaired) electrons. The Morgan fingerprint density at radius 2 is 0.887 bits per heavy atom. The van der Waals surface area contributed by atoms with Gasteiger partial charge in [-0.15, -0.1) is 0 Å². The van der Waals surface area contributed by atoms with Crippen molar-refractivity contribution in [3.8, 4) is 39.1 Å². The Morgan fingerprint density at radius 1 is 0.377 bits per heavy atom. The first kappa shape index (κ1) is 31.1. The van der Waals surface area contributed by atoms with Crippen molar-refractivity contribution < 1.29 is 0 Å². The van der Waals surface area contributed by atoms with Crippen molar-refractivity contribution in [3.63, 3.8) is 0 Å². The predicted octanol–water partition coefficient (Wildman–Crippen LogP) is 13.9. The number of nitrogens with zero attached hydrogens (tertiary/aromatic N) is 2. The highest BCUT2D eigenvalue weighted by Crippen LogP contribution is 2.51. The van der Waals surface area contributed by atoms with Crippen LogP contribution in [0, 0.1) is 0 Å². The molecule has 0 amide bonds. The van der Waals surface area contributed by atoms with Gasteiger partial charge in [0.1, 0.15) is 0 Å². The van der Waals surface area contributed by atoms with Crippen LogP contribution in [-0.2, 0) is 5.41 Å². The standard InChI is InChI=1S/C51H38N2/c1-51(2)47-19-11-9-17-43(47)45-33-41(29-31-48(45)51)52(39-25-21-37(22-26-39)35-13-5-3-6-14-35)42-30-32-50-46(34-42)44-18-10-12-20-49(44)53(50)40-27-23-38(24-28-40)36-15-7-4-8-16-36/h3-34H,1-2H3. The minimum Gasteiger partial charge on any atom is -0.310 e. The molecule has 1 aliphatic rings. The third-order valence-electron chi connectivity index (χ3n) is 11.2.